The fraction of sp³-hybridized carbons (Fsp3) is 0.786. The molecule has 1 aliphatic carbocycles. The first kappa shape index (κ1) is 15.7. The quantitative estimate of drug-likeness (QED) is 0.668. The van der Waals surface area contributed by atoms with Gasteiger partial charge in [-0.3, -0.25) is 0 Å². The highest BCUT2D eigenvalue weighted by Gasteiger charge is 2.31. The number of aryl methyl sites for hydroxylation is 1. The minimum absolute atomic E-state index is 0.671. The van der Waals surface area contributed by atoms with E-state index < -0.39 is 0 Å². The van der Waals surface area contributed by atoms with Crippen molar-refractivity contribution in [3.05, 3.63) is 10.6 Å². The lowest BCUT2D eigenvalue weighted by Gasteiger charge is -2.20. The molecule has 1 heterocycles. The minimum atomic E-state index is 0.671. The van der Waals surface area contributed by atoms with Crippen LogP contribution in [0.5, 0.6) is 0 Å². The Hall–Kier alpha value is -0.690. The minimum Gasteiger partial charge on any atom is -0.383 e. The van der Waals surface area contributed by atoms with Gasteiger partial charge in [0.25, 0.3) is 0 Å². The zero-order chi connectivity index (χ0) is 14.4. The van der Waals surface area contributed by atoms with Gasteiger partial charge < -0.3 is 19.7 Å². The topological polar surface area (TPSA) is 46.6 Å². The van der Waals surface area contributed by atoms with Crippen molar-refractivity contribution in [1.82, 2.24) is 10.3 Å². The summed E-state index contributed by atoms with van der Waals surface area (Å²) in [5.74, 6) is 0. The summed E-state index contributed by atoms with van der Waals surface area (Å²) in [5.41, 5.74) is 1.14. The maximum Gasteiger partial charge on any atom is 0.186 e. The van der Waals surface area contributed by atoms with Crippen molar-refractivity contribution < 1.29 is 9.47 Å². The molecular formula is C14H25N3O2S. The van der Waals surface area contributed by atoms with Crippen molar-refractivity contribution in [1.29, 1.82) is 0 Å². The van der Waals surface area contributed by atoms with Crippen LogP contribution in [0.1, 0.15) is 23.4 Å². The average molecular weight is 299 g/mol. The Morgan fingerprint density at radius 1 is 1.30 bits per heavy atom. The Balaban J connectivity index is 1.93. The number of thiazole rings is 1. The van der Waals surface area contributed by atoms with Crippen molar-refractivity contribution in [2.24, 2.45) is 0 Å². The third-order valence-corrected chi connectivity index (χ3v) is 4.61. The molecule has 1 aromatic heterocycles. The molecular weight excluding hydrogens is 274 g/mol. The first-order valence-corrected chi connectivity index (χ1v) is 7.99. The molecule has 0 bridgehead atoms. The SMILES string of the molecule is COCCNCc1sc(N(CCOC)C2CC2)nc1C. The molecule has 0 aliphatic heterocycles. The van der Waals surface area contributed by atoms with Gasteiger partial charge in [-0.25, -0.2) is 4.98 Å². The van der Waals surface area contributed by atoms with Gasteiger partial charge in [-0.2, -0.15) is 0 Å². The largest absolute Gasteiger partial charge is 0.383 e. The van der Waals surface area contributed by atoms with Crippen LogP contribution in [0, 0.1) is 6.92 Å². The lowest BCUT2D eigenvalue weighted by molar-refractivity contribution is 0.199. The fourth-order valence-electron chi connectivity index (χ4n) is 2.09. The number of nitrogens with zero attached hydrogens (tertiary/aromatic N) is 2. The van der Waals surface area contributed by atoms with E-state index in [9.17, 15) is 0 Å². The molecule has 6 heteroatoms. The number of aromatic nitrogens is 1. The van der Waals surface area contributed by atoms with Gasteiger partial charge in [-0.15, -0.1) is 11.3 Å². The number of rotatable bonds is 10. The molecule has 1 saturated carbocycles. The van der Waals surface area contributed by atoms with Gasteiger partial charge in [-0.05, 0) is 19.8 Å². The van der Waals surface area contributed by atoms with E-state index in [1.165, 1.54) is 17.7 Å². The monoisotopic (exact) mass is 299 g/mol. The average Bonchev–Trinajstić information content (AvgIpc) is 3.20. The van der Waals surface area contributed by atoms with E-state index in [2.05, 4.69) is 17.1 Å². The van der Waals surface area contributed by atoms with Crippen LogP contribution < -0.4 is 10.2 Å². The molecule has 1 aliphatic rings. The number of anilines is 1. The molecule has 1 aromatic rings. The standard InChI is InChI=1S/C14H25N3O2S/c1-11-13(10-15-6-8-18-2)20-14(16-11)17(7-9-19-3)12-4-5-12/h12,15H,4-10H2,1-3H3. The number of methoxy groups -OCH3 is 2. The zero-order valence-corrected chi connectivity index (χ0v) is 13.5. The summed E-state index contributed by atoms with van der Waals surface area (Å²) in [6.45, 7) is 6.28. The van der Waals surface area contributed by atoms with Crippen LogP contribution in [0.15, 0.2) is 0 Å². The lowest BCUT2D eigenvalue weighted by atomic mass is 10.4. The Morgan fingerprint density at radius 3 is 2.70 bits per heavy atom. The van der Waals surface area contributed by atoms with Gasteiger partial charge in [0.1, 0.15) is 0 Å². The third kappa shape index (κ3) is 4.41. The summed E-state index contributed by atoms with van der Waals surface area (Å²) < 4.78 is 10.3. The summed E-state index contributed by atoms with van der Waals surface area (Å²) >= 11 is 1.80. The smallest absolute Gasteiger partial charge is 0.186 e. The Morgan fingerprint density at radius 2 is 2.05 bits per heavy atom. The third-order valence-electron chi connectivity index (χ3n) is 3.42. The van der Waals surface area contributed by atoms with E-state index in [0.29, 0.717) is 6.04 Å². The van der Waals surface area contributed by atoms with Crippen molar-refractivity contribution in [2.45, 2.75) is 32.4 Å². The Bertz CT molecular complexity index is 407. The van der Waals surface area contributed by atoms with Gasteiger partial charge in [0.05, 0.1) is 18.9 Å². The van der Waals surface area contributed by atoms with E-state index in [1.54, 1.807) is 25.6 Å². The summed E-state index contributed by atoms with van der Waals surface area (Å²) in [4.78, 5) is 8.46. The Kier molecular flexibility index (Phi) is 6.22. The van der Waals surface area contributed by atoms with E-state index in [0.717, 1.165) is 43.7 Å². The molecule has 0 atom stereocenters. The maximum atomic E-state index is 5.21. The lowest BCUT2D eigenvalue weighted by Crippen LogP contribution is -2.29. The molecule has 2 rings (SSSR count). The maximum absolute atomic E-state index is 5.21. The number of nitrogens with one attached hydrogen (secondary N) is 1. The van der Waals surface area contributed by atoms with Gasteiger partial charge >= 0.3 is 0 Å². The summed E-state index contributed by atoms with van der Waals surface area (Å²) in [6.07, 6.45) is 2.56. The fourth-order valence-corrected chi connectivity index (χ4v) is 3.21. The first-order valence-electron chi connectivity index (χ1n) is 7.17. The van der Waals surface area contributed by atoms with Crippen LogP contribution in [0.4, 0.5) is 5.13 Å². The summed E-state index contributed by atoms with van der Waals surface area (Å²) in [7, 11) is 3.48. The molecule has 20 heavy (non-hydrogen) atoms. The predicted molar refractivity (Wildman–Crippen MR) is 82.7 cm³/mol. The van der Waals surface area contributed by atoms with E-state index in [1.807, 2.05) is 0 Å². The van der Waals surface area contributed by atoms with Gasteiger partial charge in [0, 0.05) is 44.8 Å². The molecule has 5 nitrogen and oxygen atoms in total. The van der Waals surface area contributed by atoms with Crippen molar-refractivity contribution in [2.75, 3.05) is 45.4 Å². The second kappa shape index (κ2) is 7.93. The molecule has 0 aromatic carbocycles. The van der Waals surface area contributed by atoms with Crippen molar-refractivity contribution in [3.63, 3.8) is 0 Å². The van der Waals surface area contributed by atoms with Gasteiger partial charge in [-0.1, -0.05) is 0 Å². The molecule has 1 N–H and O–H groups in total. The summed E-state index contributed by atoms with van der Waals surface area (Å²) in [6, 6.07) is 0.671. The zero-order valence-electron chi connectivity index (χ0n) is 12.6. The van der Waals surface area contributed by atoms with Crippen LogP contribution >= 0.6 is 11.3 Å². The predicted octanol–water partition coefficient (Wildman–Crippen LogP) is 1.80. The highest BCUT2D eigenvalue weighted by Crippen LogP contribution is 2.35. The van der Waals surface area contributed by atoms with Crippen LogP contribution in [0.2, 0.25) is 0 Å². The highest BCUT2D eigenvalue weighted by molar-refractivity contribution is 7.15. The van der Waals surface area contributed by atoms with E-state index >= 15 is 0 Å². The second-order valence-electron chi connectivity index (χ2n) is 5.09. The molecule has 0 spiro atoms. The van der Waals surface area contributed by atoms with Crippen LogP contribution in [0.25, 0.3) is 0 Å². The number of ether oxygens (including phenoxy) is 2. The molecule has 1 fully saturated rings. The molecule has 0 amide bonds. The second-order valence-corrected chi connectivity index (χ2v) is 6.15. The van der Waals surface area contributed by atoms with Crippen molar-refractivity contribution in [3.8, 4) is 0 Å². The van der Waals surface area contributed by atoms with E-state index in [4.69, 9.17) is 14.5 Å². The highest BCUT2D eigenvalue weighted by atomic mass is 32.1. The van der Waals surface area contributed by atoms with E-state index in [-0.39, 0.29) is 0 Å². The summed E-state index contributed by atoms with van der Waals surface area (Å²) in [5, 5.41) is 4.53. The van der Waals surface area contributed by atoms with Gasteiger partial charge in [0.15, 0.2) is 5.13 Å². The Labute approximate surface area is 125 Å². The normalized spacial score (nSPS) is 14.8. The number of hydrogen-bond donors (Lipinski definition) is 1. The number of hydrogen-bond acceptors (Lipinski definition) is 6. The van der Waals surface area contributed by atoms with Crippen LogP contribution in [-0.2, 0) is 16.0 Å². The molecule has 114 valence electrons. The molecule has 0 saturated heterocycles. The van der Waals surface area contributed by atoms with Crippen LogP contribution in [-0.4, -0.2) is 51.5 Å². The van der Waals surface area contributed by atoms with Gasteiger partial charge in [0.2, 0.25) is 0 Å². The molecule has 0 unspecified atom stereocenters. The molecule has 0 radical (unpaired) electrons. The van der Waals surface area contributed by atoms with Crippen molar-refractivity contribution >= 4 is 16.5 Å². The first-order chi connectivity index (χ1) is 9.76. The van der Waals surface area contributed by atoms with Crippen LogP contribution in [0.3, 0.4) is 0 Å².